The Bertz CT molecular complexity index is 515. The standard InChI is InChI=1S/C12H14ClFN4O/c13-12-16-3-8(14)11(18-12)17-10-5-1-6(7(10)4-19)9(15)2-5/h3-7,9-10H,1-2,15H2,(H,16,17,18). The van der Waals surface area contributed by atoms with Gasteiger partial charge >= 0.3 is 0 Å². The van der Waals surface area contributed by atoms with Crippen LogP contribution in [-0.2, 0) is 4.79 Å². The van der Waals surface area contributed by atoms with E-state index in [1.54, 1.807) is 0 Å². The van der Waals surface area contributed by atoms with Gasteiger partial charge in [-0.2, -0.15) is 4.98 Å². The third-order valence-corrected chi connectivity index (χ3v) is 4.47. The van der Waals surface area contributed by atoms with Crippen LogP contribution in [0.2, 0.25) is 5.28 Å². The van der Waals surface area contributed by atoms with Gasteiger partial charge in [-0.3, -0.25) is 0 Å². The number of carbonyl (C=O) groups is 1. The number of fused-ring (bicyclic) bond motifs is 2. The highest BCUT2D eigenvalue weighted by Gasteiger charge is 2.51. The second-order valence-corrected chi connectivity index (χ2v) is 5.62. The molecule has 5 unspecified atom stereocenters. The first-order valence-corrected chi connectivity index (χ1v) is 6.63. The number of nitrogens with zero attached hydrogens (tertiary/aromatic N) is 2. The highest BCUT2D eigenvalue weighted by molar-refractivity contribution is 6.28. The predicted molar refractivity (Wildman–Crippen MR) is 68.2 cm³/mol. The van der Waals surface area contributed by atoms with Crippen molar-refractivity contribution in [3.05, 3.63) is 17.3 Å². The summed E-state index contributed by atoms with van der Waals surface area (Å²) in [5, 5.41) is 2.98. The molecule has 0 radical (unpaired) electrons. The van der Waals surface area contributed by atoms with Crippen molar-refractivity contribution < 1.29 is 9.18 Å². The van der Waals surface area contributed by atoms with Crippen molar-refractivity contribution in [1.82, 2.24) is 9.97 Å². The molecule has 102 valence electrons. The summed E-state index contributed by atoms with van der Waals surface area (Å²) in [6.07, 6.45) is 3.70. The van der Waals surface area contributed by atoms with Crippen LogP contribution in [0.3, 0.4) is 0 Å². The Morgan fingerprint density at radius 1 is 1.53 bits per heavy atom. The number of anilines is 1. The Morgan fingerprint density at radius 2 is 2.32 bits per heavy atom. The van der Waals surface area contributed by atoms with Gasteiger partial charge in [0.2, 0.25) is 5.28 Å². The van der Waals surface area contributed by atoms with Crippen LogP contribution in [0.25, 0.3) is 0 Å². The molecular formula is C12H14ClFN4O. The zero-order chi connectivity index (χ0) is 13.6. The molecule has 1 heterocycles. The summed E-state index contributed by atoms with van der Waals surface area (Å²) in [5.41, 5.74) is 5.99. The molecule has 5 nitrogen and oxygen atoms in total. The number of hydrogen-bond donors (Lipinski definition) is 2. The fourth-order valence-electron chi connectivity index (χ4n) is 3.47. The number of aldehydes is 1. The Morgan fingerprint density at radius 3 is 3.05 bits per heavy atom. The zero-order valence-corrected chi connectivity index (χ0v) is 10.8. The van der Waals surface area contributed by atoms with Crippen molar-refractivity contribution in [2.24, 2.45) is 23.5 Å². The average Bonchev–Trinajstić information content (AvgIpc) is 2.90. The quantitative estimate of drug-likeness (QED) is 0.644. The van der Waals surface area contributed by atoms with Gasteiger partial charge in [0.1, 0.15) is 6.29 Å². The maximum absolute atomic E-state index is 13.6. The molecule has 0 amide bonds. The van der Waals surface area contributed by atoms with E-state index in [0.29, 0.717) is 0 Å². The monoisotopic (exact) mass is 284 g/mol. The molecule has 3 N–H and O–H groups in total. The molecule has 19 heavy (non-hydrogen) atoms. The van der Waals surface area contributed by atoms with Crippen LogP contribution in [0.5, 0.6) is 0 Å². The Hall–Kier alpha value is -1.27. The zero-order valence-electron chi connectivity index (χ0n) is 10.1. The van der Waals surface area contributed by atoms with E-state index in [1.165, 1.54) is 0 Å². The fourth-order valence-corrected chi connectivity index (χ4v) is 3.60. The lowest BCUT2D eigenvalue weighted by molar-refractivity contribution is -0.112. The number of nitrogens with one attached hydrogen (secondary N) is 1. The molecule has 3 rings (SSSR count). The Kier molecular flexibility index (Phi) is 3.14. The third-order valence-electron chi connectivity index (χ3n) is 4.29. The largest absolute Gasteiger partial charge is 0.364 e. The number of carbonyl (C=O) groups excluding carboxylic acids is 1. The maximum Gasteiger partial charge on any atom is 0.224 e. The molecular weight excluding hydrogens is 271 g/mol. The lowest BCUT2D eigenvalue weighted by Crippen LogP contribution is -2.44. The molecule has 0 saturated heterocycles. The van der Waals surface area contributed by atoms with Gasteiger partial charge in [-0.1, -0.05) is 0 Å². The molecule has 2 aliphatic carbocycles. The van der Waals surface area contributed by atoms with E-state index in [4.69, 9.17) is 17.3 Å². The third kappa shape index (κ3) is 2.08. The number of hydrogen-bond acceptors (Lipinski definition) is 5. The summed E-state index contributed by atoms with van der Waals surface area (Å²) < 4.78 is 13.6. The van der Waals surface area contributed by atoms with Crippen molar-refractivity contribution in [3.8, 4) is 0 Å². The molecule has 2 aliphatic rings. The van der Waals surface area contributed by atoms with Gasteiger partial charge in [-0.25, -0.2) is 9.37 Å². The summed E-state index contributed by atoms with van der Waals surface area (Å²) >= 11 is 5.66. The molecule has 0 aliphatic heterocycles. The van der Waals surface area contributed by atoms with Gasteiger partial charge in [0, 0.05) is 18.0 Å². The minimum Gasteiger partial charge on any atom is -0.364 e. The summed E-state index contributed by atoms with van der Waals surface area (Å²) in [5.74, 6) is -0.246. The van der Waals surface area contributed by atoms with E-state index in [1.807, 2.05) is 0 Å². The van der Waals surface area contributed by atoms with E-state index in [2.05, 4.69) is 15.3 Å². The van der Waals surface area contributed by atoms with Gasteiger partial charge in [-0.15, -0.1) is 0 Å². The average molecular weight is 285 g/mol. The number of rotatable bonds is 3. The molecule has 2 fully saturated rings. The van der Waals surface area contributed by atoms with Gasteiger partial charge in [0.25, 0.3) is 0 Å². The SMILES string of the molecule is NC1CC2CC1C(C=O)C2Nc1nc(Cl)ncc1F. The van der Waals surface area contributed by atoms with Crippen molar-refractivity contribution in [2.75, 3.05) is 5.32 Å². The van der Waals surface area contributed by atoms with Gasteiger partial charge < -0.3 is 15.8 Å². The second kappa shape index (κ2) is 4.68. The van der Waals surface area contributed by atoms with Crippen LogP contribution in [-0.4, -0.2) is 28.3 Å². The van der Waals surface area contributed by atoms with Crippen LogP contribution in [0.1, 0.15) is 12.8 Å². The second-order valence-electron chi connectivity index (χ2n) is 5.28. The first-order chi connectivity index (χ1) is 9.10. The first kappa shape index (κ1) is 12.7. The topological polar surface area (TPSA) is 80.9 Å². The fraction of sp³-hybridized carbons (Fsp3) is 0.583. The molecule has 7 heteroatoms. The van der Waals surface area contributed by atoms with E-state index in [0.717, 1.165) is 25.3 Å². The lowest BCUT2D eigenvalue weighted by Gasteiger charge is -2.31. The van der Waals surface area contributed by atoms with Crippen LogP contribution < -0.4 is 11.1 Å². The lowest BCUT2D eigenvalue weighted by atomic mass is 9.82. The maximum atomic E-state index is 13.6. The van der Waals surface area contributed by atoms with E-state index in [9.17, 15) is 9.18 Å². The summed E-state index contributed by atoms with van der Waals surface area (Å²) in [7, 11) is 0. The Labute approximate surface area is 114 Å². The van der Waals surface area contributed by atoms with Crippen molar-refractivity contribution in [3.63, 3.8) is 0 Å². The molecule has 2 saturated carbocycles. The van der Waals surface area contributed by atoms with Crippen LogP contribution in [0, 0.1) is 23.6 Å². The highest BCUT2D eigenvalue weighted by Crippen LogP contribution is 2.48. The molecule has 0 spiro atoms. The first-order valence-electron chi connectivity index (χ1n) is 6.25. The summed E-state index contributed by atoms with van der Waals surface area (Å²) in [6.45, 7) is 0. The van der Waals surface area contributed by atoms with Crippen LogP contribution in [0.15, 0.2) is 6.20 Å². The number of aromatic nitrogens is 2. The predicted octanol–water partition coefficient (Wildman–Crippen LogP) is 1.23. The molecule has 2 bridgehead atoms. The van der Waals surface area contributed by atoms with E-state index in [-0.39, 0.29) is 40.9 Å². The van der Waals surface area contributed by atoms with Crippen LogP contribution >= 0.6 is 11.6 Å². The molecule has 0 aromatic carbocycles. The van der Waals surface area contributed by atoms with E-state index >= 15 is 0 Å². The van der Waals surface area contributed by atoms with Gasteiger partial charge in [0.05, 0.1) is 6.20 Å². The van der Waals surface area contributed by atoms with Gasteiger partial charge in [-0.05, 0) is 36.3 Å². The minimum absolute atomic E-state index is 0.0218. The smallest absolute Gasteiger partial charge is 0.224 e. The summed E-state index contributed by atoms with van der Waals surface area (Å²) in [4.78, 5) is 18.6. The van der Waals surface area contributed by atoms with Crippen molar-refractivity contribution in [2.45, 2.75) is 24.9 Å². The Balaban J connectivity index is 1.83. The molecule has 5 atom stereocenters. The van der Waals surface area contributed by atoms with Gasteiger partial charge in [0.15, 0.2) is 11.6 Å². The van der Waals surface area contributed by atoms with Crippen LogP contribution in [0.4, 0.5) is 10.2 Å². The number of nitrogens with two attached hydrogens (primary N) is 1. The highest BCUT2D eigenvalue weighted by atomic mass is 35.5. The molecule has 1 aromatic heterocycles. The normalized spacial score (nSPS) is 36.5. The van der Waals surface area contributed by atoms with Crippen molar-refractivity contribution in [1.29, 1.82) is 0 Å². The number of halogens is 2. The van der Waals surface area contributed by atoms with E-state index < -0.39 is 5.82 Å². The minimum atomic E-state index is -0.568. The molecule has 1 aromatic rings. The summed E-state index contributed by atoms with van der Waals surface area (Å²) in [6, 6.07) is -0.0557. The van der Waals surface area contributed by atoms with Crippen molar-refractivity contribution >= 4 is 23.7 Å².